The number of ether oxygens (including phenoxy) is 1. The standard InChI is InChI=1S/C15H16BrN3O2S/c1-8-13-14(9-4-10(16)6-11(5-9)21-3)22-7-12(20)17-15(13)19(2)18-8/h4-6,14H,7H2,1-3H3,(H,17,20). The van der Waals surface area contributed by atoms with Gasteiger partial charge in [0.2, 0.25) is 5.91 Å². The van der Waals surface area contributed by atoms with Crippen LogP contribution in [-0.2, 0) is 11.8 Å². The minimum absolute atomic E-state index is 0.00119. The van der Waals surface area contributed by atoms with Crippen molar-refractivity contribution in [3.8, 4) is 5.75 Å². The van der Waals surface area contributed by atoms with Gasteiger partial charge >= 0.3 is 0 Å². The molecule has 0 aliphatic carbocycles. The van der Waals surface area contributed by atoms with E-state index in [9.17, 15) is 4.79 Å². The monoisotopic (exact) mass is 381 g/mol. The van der Waals surface area contributed by atoms with Crippen LogP contribution in [0.5, 0.6) is 5.75 Å². The Morgan fingerprint density at radius 2 is 2.23 bits per heavy atom. The van der Waals surface area contributed by atoms with E-state index in [0.717, 1.165) is 32.9 Å². The maximum absolute atomic E-state index is 12.0. The number of amides is 1. The van der Waals surface area contributed by atoms with Crippen molar-refractivity contribution in [1.82, 2.24) is 9.78 Å². The molecule has 2 heterocycles. The first-order valence-corrected chi connectivity index (χ1v) is 8.63. The number of carbonyl (C=O) groups is 1. The van der Waals surface area contributed by atoms with Gasteiger partial charge in [0.1, 0.15) is 11.6 Å². The van der Waals surface area contributed by atoms with Crippen molar-refractivity contribution in [2.75, 3.05) is 18.2 Å². The van der Waals surface area contributed by atoms with Gasteiger partial charge in [0.05, 0.1) is 23.8 Å². The Morgan fingerprint density at radius 3 is 2.95 bits per heavy atom. The first-order chi connectivity index (χ1) is 10.5. The van der Waals surface area contributed by atoms with Crippen LogP contribution in [-0.4, -0.2) is 28.6 Å². The Balaban J connectivity index is 2.15. The van der Waals surface area contributed by atoms with Gasteiger partial charge in [-0.05, 0) is 30.7 Å². The van der Waals surface area contributed by atoms with E-state index in [1.54, 1.807) is 23.6 Å². The van der Waals surface area contributed by atoms with Crippen LogP contribution in [0.3, 0.4) is 0 Å². The molecule has 1 N–H and O–H groups in total. The summed E-state index contributed by atoms with van der Waals surface area (Å²) < 4.78 is 8.05. The molecule has 0 radical (unpaired) electrons. The van der Waals surface area contributed by atoms with E-state index in [2.05, 4.69) is 32.4 Å². The number of carbonyl (C=O) groups excluding carboxylic acids is 1. The lowest BCUT2D eigenvalue weighted by Gasteiger charge is -2.16. The summed E-state index contributed by atoms with van der Waals surface area (Å²) in [4.78, 5) is 12.0. The maximum atomic E-state index is 12.0. The van der Waals surface area contributed by atoms with Crippen LogP contribution in [0.4, 0.5) is 5.82 Å². The molecular weight excluding hydrogens is 366 g/mol. The van der Waals surface area contributed by atoms with Crippen molar-refractivity contribution in [3.63, 3.8) is 0 Å². The fourth-order valence-corrected chi connectivity index (χ4v) is 4.32. The lowest BCUT2D eigenvalue weighted by molar-refractivity contribution is -0.113. The SMILES string of the molecule is COc1cc(Br)cc(C2SCC(=O)Nc3c2c(C)nn3C)c1. The highest BCUT2D eigenvalue weighted by Gasteiger charge is 2.29. The number of aromatic nitrogens is 2. The number of benzene rings is 1. The van der Waals surface area contributed by atoms with Crippen molar-refractivity contribution in [2.45, 2.75) is 12.2 Å². The molecule has 1 amide bonds. The van der Waals surface area contributed by atoms with Gasteiger partial charge in [-0.25, -0.2) is 0 Å². The van der Waals surface area contributed by atoms with E-state index in [1.807, 2.05) is 26.1 Å². The Hall–Kier alpha value is -1.47. The molecule has 3 rings (SSSR count). The molecule has 22 heavy (non-hydrogen) atoms. The first-order valence-electron chi connectivity index (χ1n) is 6.79. The zero-order valence-corrected chi connectivity index (χ0v) is 14.9. The second-order valence-electron chi connectivity index (χ2n) is 5.13. The van der Waals surface area contributed by atoms with Crippen LogP contribution in [0.1, 0.15) is 22.1 Å². The zero-order valence-electron chi connectivity index (χ0n) is 12.5. The summed E-state index contributed by atoms with van der Waals surface area (Å²) in [6, 6.07) is 5.99. The number of rotatable bonds is 2. The number of anilines is 1. The fourth-order valence-electron chi connectivity index (χ4n) is 2.66. The van der Waals surface area contributed by atoms with Crippen LogP contribution >= 0.6 is 27.7 Å². The molecule has 5 nitrogen and oxygen atoms in total. The molecule has 1 aliphatic rings. The van der Waals surface area contributed by atoms with Crippen LogP contribution in [0.25, 0.3) is 0 Å². The maximum Gasteiger partial charge on any atom is 0.235 e. The lowest BCUT2D eigenvalue weighted by atomic mass is 10.0. The smallest absolute Gasteiger partial charge is 0.235 e. The number of methoxy groups -OCH3 is 1. The molecule has 1 aromatic carbocycles. The number of fused-ring (bicyclic) bond motifs is 1. The van der Waals surface area contributed by atoms with Crippen molar-refractivity contribution in [1.29, 1.82) is 0 Å². The van der Waals surface area contributed by atoms with Gasteiger partial charge in [-0.2, -0.15) is 5.10 Å². The number of thioether (sulfide) groups is 1. The zero-order chi connectivity index (χ0) is 15.9. The molecule has 0 bridgehead atoms. The number of aryl methyl sites for hydroxylation is 2. The molecule has 116 valence electrons. The van der Waals surface area contributed by atoms with Gasteiger partial charge in [-0.3, -0.25) is 9.48 Å². The van der Waals surface area contributed by atoms with Crippen molar-refractivity contribution in [3.05, 3.63) is 39.5 Å². The average molecular weight is 382 g/mol. The third kappa shape index (κ3) is 2.75. The van der Waals surface area contributed by atoms with Crippen LogP contribution in [0.15, 0.2) is 22.7 Å². The van der Waals surface area contributed by atoms with Gasteiger partial charge in [0, 0.05) is 17.1 Å². The number of nitrogens with zero attached hydrogens (tertiary/aromatic N) is 2. The highest BCUT2D eigenvalue weighted by molar-refractivity contribution is 9.10. The minimum Gasteiger partial charge on any atom is -0.497 e. The summed E-state index contributed by atoms with van der Waals surface area (Å²) in [6.07, 6.45) is 0. The molecule has 1 aliphatic heterocycles. The van der Waals surface area contributed by atoms with E-state index in [0.29, 0.717) is 5.75 Å². The van der Waals surface area contributed by atoms with Gasteiger partial charge < -0.3 is 10.1 Å². The Bertz CT molecular complexity index is 745. The Morgan fingerprint density at radius 1 is 1.45 bits per heavy atom. The second kappa shape index (κ2) is 5.96. The summed E-state index contributed by atoms with van der Waals surface area (Å²) in [5.41, 5.74) is 3.07. The highest BCUT2D eigenvalue weighted by Crippen LogP contribution is 2.44. The third-order valence-electron chi connectivity index (χ3n) is 3.60. The van der Waals surface area contributed by atoms with Gasteiger partial charge in [0.15, 0.2) is 0 Å². The molecule has 1 atom stereocenters. The van der Waals surface area contributed by atoms with E-state index >= 15 is 0 Å². The molecule has 0 saturated heterocycles. The topological polar surface area (TPSA) is 56.1 Å². The van der Waals surface area contributed by atoms with Crippen LogP contribution < -0.4 is 10.1 Å². The molecule has 2 aromatic rings. The highest BCUT2D eigenvalue weighted by atomic mass is 79.9. The van der Waals surface area contributed by atoms with Crippen LogP contribution in [0.2, 0.25) is 0 Å². The quantitative estimate of drug-likeness (QED) is 0.866. The normalized spacial score (nSPS) is 17.6. The van der Waals surface area contributed by atoms with Gasteiger partial charge in [0.25, 0.3) is 0 Å². The molecule has 1 unspecified atom stereocenters. The molecule has 0 saturated carbocycles. The Labute approximate surface area is 141 Å². The molecule has 0 spiro atoms. The first kappa shape index (κ1) is 15.4. The van der Waals surface area contributed by atoms with Gasteiger partial charge in [-0.15, -0.1) is 11.8 Å². The van der Waals surface area contributed by atoms with Crippen molar-refractivity contribution >= 4 is 39.4 Å². The summed E-state index contributed by atoms with van der Waals surface area (Å²) in [7, 11) is 3.50. The number of halogens is 1. The molecule has 1 aromatic heterocycles. The minimum atomic E-state index is -0.00119. The predicted molar refractivity (Wildman–Crippen MR) is 91.6 cm³/mol. The summed E-state index contributed by atoms with van der Waals surface area (Å²) in [5.74, 6) is 1.97. The Kier molecular flexibility index (Phi) is 4.18. The van der Waals surface area contributed by atoms with E-state index in [1.165, 1.54) is 0 Å². The number of hydrogen-bond donors (Lipinski definition) is 1. The predicted octanol–water partition coefficient (Wildman–Crippen LogP) is 3.27. The second-order valence-corrected chi connectivity index (χ2v) is 7.14. The van der Waals surface area contributed by atoms with Gasteiger partial charge in [-0.1, -0.05) is 15.9 Å². The fraction of sp³-hybridized carbons (Fsp3) is 0.333. The van der Waals surface area contributed by atoms with E-state index < -0.39 is 0 Å². The summed E-state index contributed by atoms with van der Waals surface area (Å²) >= 11 is 5.12. The summed E-state index contributed by atoms with van der Waals surface area (Å²) in [6.45, 7) is 1.97. The summed E-state index contributed by atoms with van der Waals surface area (Å²) in [5, 5.41) is 7.44. The van der Waals surface area contributed by atoms with Crippen LogP contribution in [0, 0.1) is 6.92 Å². The molecule has 0 fully saturated rings. The van der Waals surface area contributed by atoms with Crippen molar-refractivity contribution in [2.24, 2.45) is 7.05 Å². The third-order valence-corrected chi connectivity index (χ3v) is 5.33. The number of nitrogens with one attached hydrogen (secondary N) is 1. The van der Waals surface area contributed by atoms with E-state index in [4.69, 9.17) is 4.74 Å². The lowest BCUT2D eigenvalue weighted by Crippen LogP contribution is -2.15. The number of hydrogen-bond acceptors (Lipinski definition) is 4. The molecular formula is C15H16BrN3O2S. The average Bonchev–Trinajstić information content (AvgIpc) is 2.65. The van der Waals surface area contributed by atoms with Crippen molar-refractivity contribution < 1.29 is 9.53 Å². The largest absolute Gasteiger partial charge is 0.497 e. The van der Waals surface area contributed by atoms with E-state index in [-0.39, 0.29) is 11.2 Å². The molecule has 7 heteroatoms.